The van der Waals surface area contributed by atoms with Crippen molar-refractivity contribution in [2.24, 2.45) is 5.92 Å². The van der Waals surface area contributed by atoms with E-state index in [2.05, 4.69) is 34.6 Å². The minimum absolute atomic E-state index is 0.207. The van der Waals surface area contributed by atoms with Crippen LogP contribution >= 0.6 is 12.2 Å². The van der Waals surface area contributed by atoms with Gasteiger partial charge in [-0.05, 0) is 67.4 Å². The summed E-state index contributed by atoms with van der Waals surface area (Å²) in [7, 11) is 4.51. The first-order chi connectivity index (χ1) is 14.9. The largest absolute Gasteiger partial charge is 0.493 e. The lowest BCUT2D eigenvalue weighted by atomic mass is 9.99. The first-order valence-corrected chi connectivity index (χ1v) is 10.6. The van der Waals surface area contributed by atoms with Crippen LogP contribution < -0.4 is 29.7 Å². The number of ether oxygens (including phenoxy) is 3. The number of thiocarbonyl (C=S) groups is 1. The molecule has 0 saturated carbocycles. The summed E-state index contributed by atoms with van der Waals surface area (Å²) >= 11 is 5.31. The van der Waals surface area contributed by atoms with Crippen molar-refractivity contribution in [2.75, 3.05) is 44.6 Å². The topological polar surface area (TPSA) is 72.1 Å². The molecule has 2 N–H and O–H groups in total. The van der Waals surface area contributed by atoms with Gasteiger partial charge in [0, 0.05) is 30.0 Å². The molecule has 1 amide bonds. The number of carbonyl (C=O) groups excluding carboxylic acids is 1. The van der Waals surface area contributed by atoms with E-state index in [0.717, 1.165) is 24.7 Å². The number of nitrogens with zero attached hydrogens (tertiary/aromatic N) is 1. The van der Waals surface area contributed by atoms with Gasteiger partial charge in [-0.1, -0.05) is 6.92 Å². The lowest BCUT2D eigenvalue weighted by Crippen LogP contribution is -2.34. The molecule has 0 aromatic heterocycles. The van der Waals surface area contributed by atoms with Crippen molar-refractivity contribution in [3.8, 4) is 17.2 Å². The zero-order valence-corrected chi connectivity index (χ0v) is 19.2. The molecule has 1 saturated heterocycles. The van der Waals surface area contributed by atoms with Gasteiger partial charge in [0.1, 0.15) is 0 Å². The predicted octanol–water partition coefficient (Wildman–Crippen LogP) is 4.08. The van der Waals surface area contributed by atoms with Crippen molar-refractivity contribution in [3.05, 3.63) is 42.0 Å². The Labute approximate surface area is 188 Å². The van der Waals surface area contributed by atoms with Crippen LogP contribution in [0.15, 0.2) is 36.4 Å². The number of amides is 1. The Morgan fingerprint density at radius 3 is 2.10 bits per heavy atom. The summed E-state index contributed by atoms with van der Waals surface area (Å²) in [6, 6.07) is 11.2. The number of anilines is 2. The van der Waals surface area contributed by atoms with Gasteiger partial charge in [-0.25, -0.2) is 0 Å². The van der Waals surface area contributed by atoms with E-state index < -0.39 is 0 Å². The molecule has 1 fully saturated rings. The van der Waals surface area contributed by atoms with E-state index in [0.29, 0.717) is 22.8 Å². The summed E-state index contributed by atoms with van der Waals surface area (Å²) in [5.74, 6) is 1.63. The van der Waals surface area contributed by atoms with Crippen LogP contribution in [0.5, 0.6) is 17.2 Å². The minimum atomic E-state index is -0.379. The van der Waals surface area contributed by atoms with Crippen LogP contribution in [0.1, 0.15) is 30.1 Å². The van der Waals surface area contributed by atoms with Gasteiger partial charge in [-0.15, -0.1) is 0 Å². The van der Waals surface area contributed by atoms with E-state index in [1.807, 2.05) is 12.1 Å². The number of piperidine rings is 1. The highest BCUT2D eigenvalue weighted by molar-refractivity contribution is 7.80. The second kappa shape index (κ2) is 10.3. The third kappa shape index (κ3) is 5.58. The summed E-state index contributed by atoms with van der Waals surface area (Å²) in [5, 5.41) is 5.95. The number of methoxy groups -OCH3 is 3. The van der Waals surface area contributed by atoms with Crippen LogP contribution in [-0.2, 0) is 0 Å². The van der Waals surface area contributed by atoms with Crippen LogP contribution in [0.3, 0.4) is 0 Å². The molecular weight excluding hydrogens is 414 g/mol. The molecule has 0 radical (unpaired) electrons. The van der Waals surface area contributed by atoms with Gasteiger partial charge in [0.15, 0.2) is 16.6 Å². The number of hydrogen-bond donors (Lipinski definition) is 2. The Kier molecular flexibility index (Phi) is 7.57. The third-order valence-corrected chi connectivity index (χ3v) is 5.63. The normalized spacial score (nSPS) is 14.0. The zero-order valence-electron chi connectivity index (χ0n) is 18.4. The summed E-state index contributed by atoms with van der Waals surface area (Å²) < 4.78 is 15.9. The Hall–Kier alpha value is -3.00. The van der Waals surface area contributed by atoms with E-state index in [9.17, 15) is 4.79 Å². The van der Waals surface area contributed by atoms with Gasteiger partial charge in [0.05, 0.1) is 21.3 Å². The van der Waals surface area contributed by atoms with Crippen LogP contribution in [0.25, 0.3) is 0 Å². The van der Waals surface area contributed by atoms with E-state index in [1.165, 1.54) is 39.9 Å². The lowest BCUT2D eigenvalue weighted by molar-refractivity contribution is 0.0977. The van der Waals surface area contributed by atoms with Crippen molar-refractivity contribution in [2.45, 2.75) is 19.8 Å². The molecule has 0 spiro atoms. The SMILES string of the molecule is COc1cc(C(=O)NC(=S)Nc2ccc(N3CCC(C)CC3)cc2)cc(OC)c1OC. The number of benzene rings is 2. The molecule has 8 heteroatoms. The molecule has 1 aliphatic heterocycles. The highest BCUT2D eigenvalue weighted by atomic mass is 32.1. The van der Waals surface area contributed by atoms with Crippen LogP contribution in [0, 0.1) is 5.92 Å². The first-order valence-electron chi connectivity index (χ1n) is 10.2. The first kappa shape index (κ1) is 22.7. The molecule has 2 aromatic rings. The maximum absolute atomic E-state index is 12.7. The average Bonchev–Trinajstić information content (AvgIpc) is 2.79. The fourth-order valence-electron chi connectivity index (χ4n) is 3.57. The average molecular weight is 444 g/mol. The molecule has 2 aromatic carbocycles. The maximum atomic E-state index is 12.7. The van der Waals surface area contributed by atoms with Crippen molar-refractivity contribution in [1.29, 1.82) is 0 Å². The molecule has 166 valence electrons. The second-order valence-corrected chi connectivity index (χ2v) is 7.95. The van der Waals surface area contributed by atoms with E-state index in [1.54, 1.807) is 12.1 Å². The maximum Gasteiger partial charge on any atom is 0.257 e. The number of rotatable bonds is 6. The van der Waals surface area contributed by atoms with Crippen molar-refractivity contribution in [3.63, 3.8) is 0 Å². The molecule has 0 aliphatic carbocycles. The molecule has 7 nitrogen and oxygen atoms in total. The van der Waals surface area contributed by atoms with Crippen LogP contribution in [-0.4, -0.2) is 45.4 Å². The highest BCUT2D eigenvalue weighted by Gasteiger charge is 2.18. The van der Waals surface area contributed by atoms with Gasteiger partial charge in [0.2, 0.25) is 5.75 Å². The molecule has 0 unspecified atom stereocenters. The van der Waals surface area contributed by atoms with Crippen LogP contribution in [0.2, 0.25) is 0 Å². The van der Waals surface area contributed by atoms with Gasteiger partial charge in [-0.3, -0.25) is 10.1 Å². The van der Waals surface area contributed by atoms with Crippen molar-refractivity contribution < 1.29 is 19.0 Å². The third-order valence-electron chi connectivity index (χ3n) is 5.43. The smallest absolute Gasteiger partial charge is 0.257 e. The Morgan fingerprint density at radius 2 is 1.58 bits per heavy atom. The summed E-state index contributed by atoms with van der Waals surface area (Å²) in [6.07, 6.45) is 2.44. The zero-order chi connectivity index (χ0) is 22.4. The summed E-state index contributed by atoms with van der Waals surface area (Å²) in [5.41, 5.74) is 2.35. The summed E-state index contributed by atoms with van der Waals surface area (Å²) in [6.45, 7) is 4.46. The molecule has 0 atom stereocenters. The fourth-order valence-corrected chi connectivity index (χ4v) is 3.78. The number of carbonyl (C=O) groups is 1. The highest BCUT2D eigenvalue weighted by Crippen LogP contribution is 2.38. The van der Waals surface area contributed by atoms with Gasteiger partial charge in [0.25, 0.3) is 5.91 Å². The monoisotopic (exact) mass is 443 g/mol. The molecule has 0 bridgehead atoms. The van der Waals surface area contributed by atoms with Gasteiger partial charge < -0.3 is 24.4 Å². The fraction of sp³-hybridized carbons (Fsp3) is 0.391. The van der Waals surface area contributed by atoms with Crippen LogP contribution in [0.4, 0.5) is 11.4 Å². The molecule has 1 aliphatic rings. The Bertz CT molecular complexity index is 900. The van der Waals surface area contributed by atoms with E-state index in [-0.39, 0.29) is 11.0 Å². The van der Waals surface area contributed by atoms with Gasteiger partial charge in [-0.2, -0.15) is 0 Å². The standard InChI is InChI=1S/C23H29N3O4S/c1-15-9-11-26(12-10-15)18-7-5-17(6-8-18)24-23(31)25-22(27)16-13-19(28-2)21(30-4)20(14-16)29-3/h5-8,13-15H,9-12H2,1-4H3,(H2,24,25,27,31). The second-order valence-electron chi connectivity index (χ2n) is 7.54. The minimum Gasteiger partial charge on any atom is -0.493 e. The quantitative estimate of drug-likeness (QED) is 0.652. The van der Waals surface area contributed by atoms with Gasteiger partial charge >= 0.3 is 0 Å². The molecule has 31 heavy (non-hydrogen) atoms. The van der Waals surface area contributed by atoms with E-state index >= 15 is 0 Å². The Morgan fingerprint density at radius 1 is 1.00 bits per heavy atom. The number of nitrogens with one attached hydrogen (secondary N) is 2. The molecular formula is C23H29N3O4S. The van der Waals surface area contributed by atoms with Crippen molar-refractivity contribution >= 4 is 34.6 Å². The molecule has 3 rings (SSSR count). The molecule has 1 heterocycles. The Balaban J connectivity index is 1.62. The predicted molar refractivity (Wildman–Crippen MR) is 127 cm³/mol. The van der Waals surface area contributed by atoms with Crippen molar-refractivity contribution in [1.82, 2.24) is 5.32 Å². The van der Waals surface area contributed by atoms with E-state index in [4.69, 9.17) is 26.4 Å². The summed E-state index contributed by atoms with van der Waals surface area (Å²) in [4.78, 5) is 15.1. The lowest BCUT2D eigenvalue weighted by Gasteiger charge is -2.32. The number of hydrogen-bond acceptors (Lipinski definition) is 6.